The normalized spacial score (nSPS) is 12.1. The molecule has 0 bridgehead atoms. The van der Waals surface area contributed by atoms with Crippen molar-refractivity contribution in [2.24, 2.45) is 5.16 Å². The Balaban J connectivity index is 2.98. The summed E-state index contributed by atoms with van der Waals surface area (Å²) in [6, 6.07) is 3.03. The van der Waals surface area contributed by atoms with Crippen LogP contribution in [0.4, 0.5) is 0 Å². The molecule has 0 saturated heterocycles. The lowest BCUT2D eigenvalue weighted by Gasteiger charge is -2.05. The van der Waals surface area contributed by atoms with Crippen LogP contribution in [0.3, 0.4) is 0 Å². The second-order valence-corrected chi connectivity index (χ2v) is 5.73. The van der Waals surface area contributed by atoms with Crippen molar-refractivity contribution in [3.8, 4) is 0 Å². The Hall–Kier alpha value is -1.43. The second-order valence-electron chi connectivity index (χ2n) is 3.66. The van der Waals surface area contributed by atoms with E-state index in [0.717, 1.165) is 19.1 Å². The molecule has 0 saturated carbocycles. The molecule has 1 aromatic rings. The first-order chi connectivity index (χ1) is 8.11. The summed E-state index contributed by atoms with van der Waals surface area (Å²) in [4.78, 5) is 3.99. The van der Waals surface area contributed by atoms with E-state index in [9.17, 15) is 8.42 Å². The maximum absolute atomic E-state index is 12.0. The molecule has 0 unspecified atom stereocenters. The van der Waals surface area contributed by atoms with Gasteiger partial charge in [-0.05, 0) is 18.6 Å². The van der Waals surface area contributed by atoms with Crippen LogP contribution in [0.15, 0.2) is 28.4 Å². The van der Waals surface area contributed by atoms with Crippen molar-refractivity contribution in [1.82, 2.24) is 4.98 Å². The quantitative estimate of drug-likeness (QED) is 0.364. The zero-order valence-corrected chi connectivity index (χ0v) is 10.5. The van der Waals surface area contributed by atoms with Gasteiger partial charge in [0.05, 0.1) is 16.9 Å². The number of nitrogens with zero attached hydrogens (tertiary/aromatic N) is 2. The van der Waals surface area contributed by atoms with Crippen LogP contribution in [-0.2, 0) is 9.84 Å². The van der Waals surface area contributed by atoms with Gasteiger partial charge in [-0.2, -0.15) is 0 Å². The molecule has 17 heavy (non-hydrogen) atoms. The van der Waals surface area contributed by atoms with Crippen molar-refractivity contribution in [3.63, 3.8) is 0 Å². The van der Waals surface area contributed by atoms with Gasteiger partial charge in [-0.25, -0.2) is 8.42 Å². The van der Waals surface area contributed by atoms with Crippen LogP contribution in [0.1, 0.15) is 31.9 Å². The summed E-state index contributed by atoms with van der Waals surface area (Å²) in [6.07, 6.45) is 4.97. The number of sulfone groups is 1. The molecule has 0 aliphatic carbocycles. The van der Waals surface area contributed by atoms with E-state index in [1.807, 2.05) is 6.92 Å². The zero-order chi connectivity index (χ0) is 12.7. The molecule has 94 valence electrons. The van der Waals surface area contributed by atoms with Gasteiger partial charge in [0.1, 0.15) is 5.69 Å². The molecule has 0 spiro atoms. The fourth-order valence-corrected chi connectivity index (χ4v) is 2.98. The first-order valence-corrected chi connectivity index (χ1v) is 7.12. The number of pyridine rings is 1. The van der Waals surface area contributed by atoms with Crippen LogP contribution >= 0.6 is 0 Å². The molecule has 5 nitrogen and oxygen atoms in total. The van der Waals surface area contributed by atoms with Crippen LogP contribution in [0.5, 0.6) is 0 Å². The molecule has 1 N–H and O–H groups in total. The summed E-state index contributed by atoms with van der Waals surface area (Å²) in [5, 5.41) is 11.3. The van der Waals surface area contributed by atoms with Crippen LogP contribution in [0.2, 0.25) is 0 Å². The monoisotopic (exact) mass is 256 g/mol. The van der Waals surface area contributed by atoms with E-state index < -0.39 is 9.84 Å². The lowest BCUT2D eigenvalue weighted by Crippen LogP contribution is -2.10. The minimum atomic E-state index is -3.35. The van der Waals surface area contributed by atoms with Crippen LogP contribution in [-0.4, -0.2) is 30.6 Å². The van der Waals surface area contributed by atoms with E-state index in [-0.39, 0.29) is 16.3 Å². The molecular formula is C11H16N2O3S. The number of oxime groups is 1. The summed E-state index contributed by atoms with van der Waals surface area (Å²) in [7, 11) is -3.35. The molecule has 0 fully saturated rings. The van der Waals surface area contributed by atoms with Crippen molar-refractivity contribution >= 4 is 16.1 Å². The van der Waals surface area contributed by atoms with Crippen molar-refractivity contribution in [2.75, 3.05) is 5.75 Å². The smallest absolute Gasteiger partial charge is 0.180 e. The van der Waals surface area contributed by atoms with Gasteiger partial charge in [-0.1, -0.05) is 24.9 Å². The van der Waals surface area contributed by atoms with E-state index >= 15 is 0 Å². The second kappa shape index (κ2) is 6.34. The number of rotatable bonds is 6. The minimum Gasteiger partial charge on any atom is -0.411 e. The first-order valence-electron chi connectivity index (χ1n) is 5.47. The molecule has 1 aromatic heterocycles. The third-order valence-corrected chi connectivity index (χ3v) is 4.17. The Morgan fingerprint density at radius 1 is 1.47 bits per heavy atom. The van der Waals surface area contributed by atoms with Crippen LogP contribution in [0.25, 0.3) is 0 Å². The van der Waals surface area contributed by atoms with Gasteiger partial charge in [-0.3, -0.25) is 4.98 Å². The average Bonchev–Trinajstić information content (AvgIpc) is 2.30. The highest BCUT2D eigenvalue weighted by molar-refractivity contribution is 7.91. The van der Waals surface area contributed by atoms with E-state index in [4.69, 9.17) is 5.21 Å². The van der Waals surface area contributed by atoms with Gasteiger partial charge in [0.2, 0.25) is 0 Å². The maximum Gasteiger partial charge on any atom is 0.180 e. The first kappa shape index (κ1) is 13.6. The number of unbranched alkanes of at least 4 members (excludes halogenated alkanes) is 2. The van der Waals surface area contributed by atoms with Crippen molar-refractivity contribution < 1.29 is 13.6 Å². The topological polar surface area (TPSA) is 79.6 Å². The molecule has 0 amide bonds. The number of hydrogen-bond acceptors (Lipinski definition) is 5. The summed E-state index contributed by atoms with van der Waals surface area (Å²) < 4.78 is 24.0. The van der Waals surface area contributed by atoms with Crippen molar-refractivity contribution in [1.29, 1.82) is 0 Å². The lowest BCUT2D eigenvalue weighted by molar-refractivity contribution is 0.321. The molecule has 0 aliphatic rings. The number of aromatic nitrogens is 1. The van der Waals surface area contributed by atoms with E-state index in [1.54, 1.807) is 6.07 Å². The van der Waals surface area contributed by atoms with Crippen molar-refractivity contribution in [3.05, 3.63) is 24.0 Å². The van der Waals surface area contributed by atoms with Crippen LogP contribution < -0.4 is 0 Å². The predicted molar refractivity (Wildman–Crippen MR) is 65.2 cm³/mol. The summed E-state index contributed by atoms with van der Waals surface area (Å²) >= 11 is 0. The van der Waals surface area contributed by atoms with Gasteiger partial charge in [0, 0.05) is 6.20 Å². The summed E-state index contributed by atoms with van der Waals surface area (Å²) in [6.45, 7) is 2.01. The highest BCUT2D eigenvalue weighted by Crippen LogP contribution is 2.15. The zero-order valence-electron chi connectivity index (χ0n) is 9.70. The Morgan fingerprint density at radius 2 is 2.24 bits per heavy atom. The van der Waals surface area contributed by atoms with E-state index in [1.165, 1.54) is 12.3 Å². The molecular weight excluding hydrogens is 240 g/mol. The van der Waals surface area contributed by atoms with Gasteiger partial charge in [0.25, 0.3) is 0 Å². The Kier molecular flexibility index (Phi) is 5.09. The van der Waals surface area contributed by atoms with Gasteiger partial charge in [-0.15, -0.1) is 0 Å². The molecule has 0 atom stereocenters. The molecule has 0 aromatic carbocycles. The highest BCUT2D eigenvalue weighted by atomic mass is 32.2. The van der Waals surface area contributed by atoms with Gasteiger partial charge < -0.3 is 5.21 Å². The Bertz CT molecular complexity index is 483. The lowest BCUT2D eigenvalue weighted by atomic mass is 10.3. The third kappa shape index (κ3) is 3.81. The number of hydrogen-bond donors (Lipinski definition) is 1. The van der Waals surface area contributed by atoms with E-state index in [0.29, 0.717) is 6.42 Å². The maximum atomic E-state index is 12.0. The highest BCUT2D eigenvalue weighted by Gasteiger charge is 2.17. The Morgan fingerprint density at radius 3 is 2.88 bits per heavy atom. The van der Waals surface area contributed by atoms with Gasteiger partial charge in [0.15, 0.2) is 9.84 Å². The summed E-state index contributed by atoms with van der Waals surface area (Å²) in [5.41, 5.74) is 0.173. The average molecular weight is 256 g/mol. The van der Waals surface area contributed by atoms with Crippen molar-refractivity contribution in [2.45, 2.75) is 31.1 Å². The predicted octanol–water partition coefficient (Wildman–Crippen LogP) is 1.85. The van der Waals surface area contributed by atoms with Gasteiger partial charge >= 0.3 is 0 Å². The Labute approximate surface area is 101 Å². The SMILES string of the molecule is CCCCCS(=O)(=O)c1cccnc1/C=N\O. The molecule has 0 aliphatic heterocycles. The molecule has 0 radical (unpaired) electrons. The minimum absolute atomic E-state index is 0.0960. The molecule has 1 rings (SSSR count). The summed E-state index contributed by atoms with van der Waals surface area (Å²) in [5.74, 6) is 0.0960. The van der Waals surface area contributed by atoms with E-state index in [2.05, 4.69) is 10.1 Å². The standard InChI is InChI=1S/C11H16N2O3S/c1-2-3-4-8-17(15,16)11-6-5-7-12-10(11)9-13-14/h5-7,9,14H,2-4,8H2,1H3/b13-9-. The molecule has 6 heteroatoms. The van der Waals surface area contributed by atoms with Crippen LogP contribution in [0, 0.1) is 0 Å². The third-order valence-electron chi connectivity index (χ3n) is 2.33. The fourth-order valence-electron chi connectivity index (χ4n) is 1.47. The fraction of sp³-hybridized carbons (Fsp3) is 0.455. The molecule has 1 heterocycles. The largest absolute Gasteiger partial charge is 0.411 e.